The standard InChI is InChI=1S/C11H15ClN2O3S/c1-3-6-13-11(15)8-4-5-10(9(12)7-8)14-18(2,16)17/h4-5,7,14H,3,6H2,1-2H3,(H,13,15). The average Bonchev–Trinajstić information content (AvgIpc) is 2.27. The molecule has 1 amide bonds. The zero-order valence-electron chi connectivity index (χ0n) is 10.2. The number of carbonyl (C=O) groups excluding carboxylic acids is 1. The van der Waals surface area contributed by atoms with Crippen LogP contribution < -0.4 is 10.0 Å². The molecule has 1 aromatic rings. The van der Waals surface area contributed by atoms with Gasteiger partial charge < -0.3 is 5.32 Å². The number of sulfonamides is 1. The Morgan fingerprint density at radius 2 is 2.06 bits per heavy atom. The highest BCUT2D eigenvalue weighted by molar-refractivity contribution is 7.92. The van der Waals surface area contributed by atoms with Gasteiger partial charge in [0, 0.05) is 12.1 Å². The van der Waals surface area contributed by atoms with Crippen LogP contribution in [0.5, 0.6) is 0 Å². The fraction of sp³-hybridized carbons (Fsp3) is 0.364. The molecule has 5 nitrogen and oxygen atoms in total. The van der Waals surface area contributed by atoms with E-state index >= 15 is 0 Å². The lowest BCUT2D eigenvalue weighted by Gasteiger charge is -2.08. The van der Waals surface area contributed by atoms with E-state index in [4.69, 9.17) is 11.6 Å². The summed E-state index contributed by atoms with van der Waals surface area (Å²) in [5.41, 5.74) is 0.652. The molecule has 0 unspecified atom stereocenters. The van der Waals surface area contributed by atoms with Gasteiger partial charge in [-0.05, 0) is 24.6 Å². The van der Waals surface area contributed by atoms with E-state index in [0.29, 0.717) is 12.1 Å². The lowest BCUT2D eigenvalue weighted by Crippen LogP contribution is -2.24. The van der Waals surface area contributed by atoms with E-state index in [1.165, 1.54) is 18.2 Å². The molecular weight excluding hydrogens is 276 g/mol. The Labute approximate surface area is 112 Å². The zero-order valence-corrected chi connectivity index (χ0v) is 11.7. The van der Waals surface area contributed by atoms with Crippen molar-refractivity contribution < 1.29 is 13.2 Å². The number of nitrogens with one attached hydrogen (secondary N) is 2. The Morgan fingerprint density at radius 1 is 1.39 bits per heavy atom. The summed E-state index contributed by atoms with van der Waals surface area (Å²) in [5, 5.41) is 2.89. The highest BCUT2D eigenvalue weighted by atomic mass is 35.5. The minimum Gasteiger partial charge on any atom is -0.352 e. The van der Waals surface area contributed by atoms with Gasteiger partial charge in [0.05, 0.1) is 17.0 Å². The van der Waals surface area contributed by atoms with Crippen LogP contribution >= 0.6 is 11.6 Å². The van der Waals surface area contributed by atoms with E-state index in [1.54, 1.807) is 0 Å². The van der Waals surface area contributed by atoms with Crippen molar-refractivity contribution in [3.8, 4) is 0 Å². The molecule has 0 spiro atoms. The van der Waals surface area contributed by atoms with Crippen molar-refractivity contribution in [3.63, 3.8) is 0 Å². The first-order valence-electron chi connectivity index (χ1n) is 5.39. The Kier molecular flexibility index (Phi) is 4.98. The molecular formula is C11H15ClN2O3S. The van der Waals surface area contributed by atoms with Gasteiger partial charge in [0.15, 0.2) is 0 Å². The monoisotopic (exact) mass is 290 g/mol. The Balaban J connectivity index is 2.89. The first-order valence-corrected chi connectivity index (χ1v) is 7.66. The van der Waals surface area contributed by atoms with Crippen molar-refractivity contribution in [3.05, 3.63) is 28.8 Å². The molecule has 0 aromatic heterocycles. The van der Waals surface area contributed by atoms with E-state index in [2.05, 4.69) is 10.0 Å². The molecule has 0 saturated carbocycles. The summed E-state index contributed by atoms with van der Waals surface area (Å²) in [7, 11) is -3.38. The average molecular weight is 291 g/mol. The van der Waals surface area contributed by atoms with Crippen molar-refractivity contribution in [1.29, 1.82) is 0 Å². The third kappa shape index (κ3) is 4.54. The molecule has 1 rings (SSSR count). The predicted molar refractivity (Wildman–Crippen MR) is 72.5 cm³/mol. The summed E-state index contributed by atoms with van der Waals surface area (Å²) in [4.78, 5) is 11.6. The number of rotatable bonds is 5. The highest BCUT2D eigenvalue weighted by Crippen LogP contribution is 2.23. The smallest absolute Gasteiger partial charge is 0.251 e. The third-order valence-electron chi connectivity index (χ3n) is 2.06. The van der Waals surface area contributed by atoms with Crippen molar-refractivity contribution in [2.45, 2.75) is 13.3 Å². The maximum Gasteiger partial charge on any atom is 0.251 e. The van der Waals surface area contributed by atoms with Crippen LogP contribution in [0.1, 0.15) is 23.7 Å². The molecule has 2 N–H and O–H groups in total. The van der Waals surface area contributed by atoms with E-state index in [1.807, 2.05) is 6.92 Å². The maximum atomic E-state index is 11.6. The molecule has 0 fully saturated rings. The molecule has 1 aromatic carbocycles. The Bertz CT molecular complexity index is 543. The largest absolute Gasteiger partial charge is 0.352 e. The van der Waals surface area contributed by atoms with Crippen LogP contribution in [-0.4, -0.2) is 27.1 Å². The van der Waals surface area contributed by atoms with Crippen LogP contribution in [0.25, 0.3) is 0 Å². The third-order valence-corrected chi connectivity index (χ3v) is 2.97. The van der Waals surface area contributed by atoms with Crippen molar-refractivity contribution in [2.75, 3.05) is 17.5 Å². The molecule has 0 atom stereocenters. The van der Waals surface area contributed by atoms with Crippen LogP contribution in [0.3, 0.4) is 0 Å². The molecule has 18 heavy (non-hydrogen) atoms. The van der Waals surface area contributed by atoms with Crippen LogP contribution in [0.15, 0.2) is 18.2 Å². The second-order valence-corrected chi connectivity index (χ2v) is 5.98. The maximum absolute atomic E-state index is 11.6. The first-order chi connectivity index (χ1) is 8.33. The summed E-state index contributed by atoms with van der Waals surface area (Å²) < 4.78 is 24.4. The topological polar surface area (TPSA) is 75.3 Å². The van der Waals surface area contributed by atoms with Crippen molar-refractivity contribution in [1.82, 2.24) is 5.32 Å². The molecule has 0 saturated heterocycles. The molecule has 0 aliphatic carbocycles. The lowest BCUT2D eigenvalue weighted by atomic mass is 10.2. The molecule has 7 heteroatoms. The van der Waals surface area contributed by atoms with Gasteiger partial charge >= 0.3 is 0 Å². The normalized spacial score (nSPS) is 11.1. The molecule has 0 heterocycles. The number of halogens is 1. The molecule has 0 aliphatic rings. The van der Waals surface area contributed by atoms with E-state index in [-0.39, 0.29) is 16.6 Å². The number of hydrogen-bond donors (Lipinski definition) is 2. The fourth-order valence-electron chi connectivity index (χ4n) is 1.28. The minimum absolute atomic E-state index is 0.185. The summed E-state index contributed by atoms with van der Waals surface area (Å²) in [6.45, 7) is 2.53. The SMILES string of the molecule is CCCNC(=O)c1ccc(NS(C)(=O)=O)c(Cl)c1. The van der Waals surface area contributed by atoms with E-state index in [0.717, 1.165) is 12.7 Å². The summed E-state index contributed by atoms with van der Waals surface area (Å²) in [6, 6.07) is 4.41. The van der Waals surface area contributed by atoms with E-state index in [9.17, 15) is 13.2 Å². The quantitative estimate of drug-likeness (QED) is 0.869. The summed E-state index contributed by atoms with van der Waals surface area (Å²) in [6.07, 6.45) is 1.87. The molecule has 100 valence electrons. The van der Waals surface area contributed by atoms with Gasteiger partial charge in [0.2, 0.25) is 10.0 Å². The van der Waals surface area contributed by atoms with Crippen LogP contribution in [0.4, 0.5) is 5.69 Å². The molecule has 0 radical (unpaired) electrons. The first kappa shape index (κ1) is 14.8. The minimum atomic E-state index is -3.38. The molecule has 0 bridgehead atoms. The van der Waals surface area contributed by atoms with Gasteiger partial charge in [0.1, 0.15) is 0 Å². The van der Waals surface area contributed by atoms with Gasteiger partial charge in [-0.1, -0.05) is 18.5 Å². The highest BCUT2D eigenvalue weighted by Gasteiger charge is 2.10. The lowest BCUT2D eigenvalue weighted by molar-refractivity contribution is 0.0953. The number of amides is 1. The van der Waals surface area contributed by atoms with Gasteiger partial charge in [0.25, 0.3) is 5.91 Å². The summed E-state index contributed by atoms with van der Waals surface area (Å²) >= 11 is 5.91. The van der Waals surface area contributed by atoms with Gasteiger partial charge in [-0.3, -0.25) is 9.52 Å². The van der Waals surface area contributed by atoms with Crippen LogP contribution in [-0.2, 0) is 10.0 Å². The fourth-order valence-corrected chi connectivity index (χ4v) is 2.14. The Hall–Kier alpha value is -1.27. The number of carbonyl (C=O) groups is 1. The second-order valence-electron chi connectivity index (χ2n) is 3.82. The van der Waals surface area contributed by atoms with Gasteiger partial charge in [-0.25, -0.2) is 8.42 Å². The van der Waals surface area contributed by atoms with Crippen LogP contribution in [0.2, 0.25) is 5.02 Å². The molecule has 0 aliphatic heterocycles. The van der Waals surface area contributed by atoms with E-state index < -0.39 is 10.0 Å². The number of anilines is 1. The predicted octanol–water partition coefficient (Wildman–Crippen LogP) is 1.85. The van der Waals surface area contributed by atoms with Gasteiger partial charge in [-0.15, -0.1) is 0 Å². The number of hydrogen-bond acceptors (Lipinski definition) is 3. The van der Waals surface area contributed by atoms with Crippen LogP contribution in [0, 0.1) is 0 Å². The van der Waals surface area contributed by atoms with Crippen molar-refractivity contribution >= 4 is 33.2 Å². The summed E-state index contributed by atoms with van der Waals surface area (Å²) in [5.74, 6) is -0.232. The Morgan fingerprint density at radius 3 is 2.56 bits per heavy atom. The second kappa shape index (κ2) is 6.06. The van der Waals surface area contributed by atoms with Gasteiger partial charge in [-0.2, -0.15) is 0 Å². The zero-order chi connectivity index (χ0) is 13.8. The van der Waals surface area contributed by atoms with Crippen molar-refractivity contribution in [2.24, 2.45) is 0 Å². The number of benzene rings is 1.